The van der Waals surface area contributed by atoms with Crippen LogP contribution in [0.3, 0.4) is 0 Å². The monoisotopic (exact) mass is 696 g/mol. The number of para-hydroxylation sites is 1. The van der Waals surface area contributed by atoms with Crippen molar-refractivity contribution in [1.82, 2.24) is 14.6 Å². The second-order valence-corrected chi connectivity index (χ2v) is 15.0. The number of ether oxygens (including phenoxy) is 2. The van der Waals surface area contributed by atoms with Crippen molar-refractivity contribution in [2.45, 2.75) is 57.6 Å². The molecular weight excluding hydrogens is 653 g/mol. The van der Waals surface area contributed by atoms with Crippen LogP contribution in [-0.4, -0.2) is 80.2 Å². The van der Waals surface area contributed by atoms with Gasteiger partial charge in [0.05, 0.1) is 40.8 Å². The number of nitrogens with zero attached hydrogens (tertiary/aromatic N) is 2. The predicted molar refractivity (Wildman–Crippen MR) is 188 cm³/mol. The first kappa shape index (κ1) is 36.8. The summed E-state index contributed by atoms with van der Waals surface area (Å²) in [6, 6.07) is 19.1. The number of benzene rings is 3. The highest BCUT2D eigenvalue weighted by Gasteiger charge is 2.32. The molecule has 11 nitrogen and oxygen atoms in total. The van der Waals surface area contributed by atoms with Crippen LogP contribution in [-0.2, 0) is 30.8 Å². The zero-order valence-electron chi connectivity index (χ0n) is 27.9. The van der Waals surface area contributed by atoms with Gasteiger partial charge < -0.3 is 25.2 Å². The number of aliphatic hydroxyl groups excluding tert-OH is 1. The van der Waals surface area contributed by atoms with Gasteiger partial charge in [0, 0.05) is 19.6 Å². The Bertz CT molecular complexity index is 1770. The first-order valence-corrected chi connectivity index (χ1v) is 18.0. The molecule has 0 aliphatic carbocycles. The molecule has 13 heteroatoms. The maximum absolute atomic E-state index is 14.1. The van der Waals surface area contributed by atoms with Crippen LogP contribution >= 0.6 is 11.3 Å². The summed E-state index contributed by atoms with van der Waals surface area (Å²) >= 11 is 1.28. The van der Waals surface area contributed by atoms with Gasteiger partial charge in [0.15, 0.2) is 11.7 Å². The molecule has 0 saturated carbocycles. The van der Waals surface area contributed by atoms with E-state index in [1.54, 1.807) is 12.1 Å². The van der Waals surface area contributed by atoms with Crippen molar-refractivity contribution in [3.05, 3.63) is 83.4 Å². The van der Waals surface area contributed by atoms with Crippen molar-refractivity contribution in [2.24, 2.45) is 5.92 Å². The third-order valence-electron chi connectivity index (χ3n) is 7.66. The number of fused-ring (bicyclic) bond motifs is 1. The van der Waals surface area contributed by atoms with Crippen LogP contribution in [0, 0.1) is 19.8 Å². The largest absolute Gasteiger partial charge is 0.483 e. The van der Waals surface area contributed by atoms with Crippen molar-refractivity contribution in [1.29, 1.82) is 0 Å². The molecule has 1 heterocycles. The van der Waals surface area contributed by atoms with E-state index in [2.05, 4.69) is 20.4 Å². The topological polar surface area (TPSA) is 147 Å². The number of rotatable bonds is 17. The van der Waals surface area contributed by atoms with Crippen LogP contribution < -0.4 is 15.4 Å². The number of amides is 1. The van der Waals surface area contributed by atoms with Gasteiger partial charge in [-0.15, -0.1) is 0 Å². The normalized spacial score (nSPS) is 13.0. The number of sulfonamides is 1. The van der Waals surface area contributed by atoms with Crippen molar-refractivity contribution < 1.29 is 32.6 Å². The Hall–Kier alpha value is -4.04. The third-order valence-corrected chi connectivity index (χ3v) is 10.5. The minimum atomic E-state index is -4.06. The van der Waals surface area contributed by atoms with Crippen molar-refractivity contribution in [3.63, 3.8) is 0 Å². The van der Waals surface area contributed by atoms with E-state index >= 15 is 0 Å². The second-order valence-electron chi connectivity index (χ2n) is 12.1. The number of aliphatic hydroxyl groups is 1. The van der Waals surface area contributed by atoms with Gasteiger partial charge in [0.2, 0.25) is 10.0 Å². The number of anilines is 1. The lowest BCUT2D eigenvalue weighted by atomic mass is 10.0. The van der Waals surface area contributed by atoms with Crippen LogP contribution in [0.2, 0.25) is 0 Å². The van der Waals surface area contributed by atoms with Crippen molar-refractivity contribution >= 4 is 48.6 Å². The average molecular weight is 697 g/mol. The van der Waals surface area contributed by atoms with E-state index in [0.717, 1.165) is 16.7 Å². The van der Waals surface area contributed by atoms with Gasteiger partial charge in [-0.1, -0.05) is 73.7 Å². The van der Waals surface area contributed by atoms with E-state index < -0.39 is 28.1 Å². The molecule has 0 aliphatic heterocycles. The minimum Gasteiger partial charge on any atom is -0.483 e. The highest BCUT2D eigenvalue weighted by atomic mass is 32.2. The van der Waals surface area contributed by atoms with E-state index in [4.69, 9.17) is 4.74 Å². The van der Waals surface area contributed by atoms with E-state index in [-0.39, 0.29) is 49.3 Å². The maximum Gasteiger partial charge on any atom is 0.307 e. The fourth-order valence-corrected chi connectivity index (χ4v) is 7.90. The fraction of sp³-hybridized carbons (Fsp3) is 0.400. The molecule has 0 bridgehead atoms. The van der Waals surface area contributed by atoms with Gasteiger partial charge in [0.25, 0.3) is 5.91 Å². The quantitative estimate of drug-likeness (QED) is 0.134. The minimum absolute atomic E-state index is 0.0439. The number of carbonyl (C=O) groups is 2. The summed E-state index contributed by atoms with van der Waals surface area (Å²) in [5.74, 6) is -0.190. The van der Waals surface area contributed by atoms with Crippen LogP contribution in [0.25, 0.3) is 10.2 Å². The number of hydrogen-bond acceptors (Lipinski definition) is 10. The standard InChI is InChI=1S/C35H44N4O7S2/c1-23(2)20-39(48(43,44)27-14-15-28-31(19-27)47-35(38-28)36-17-16-33(42)45-5)21-30(40)29(18-26-12-7-6-8-13-26)37-32(41)22-46-34-24(3)10-9-11-25(34)4/h6-15,19,23,29-30,40H,16-18,20-22H2,1-5H3,(H,36,38)(H,37,41)/t29-,30+/m0/s1. The molecule has 3 aromatic carbocycles. The zero-order valence-corrected chi connectivity index (χ0v) is 29.6. The van der Waals surface area contributed by atoms with Gasteiger partial charge in [0.1, 0.15) is 5.75 Å². The van der Waals surface area contributed by atoms with Crippen molar-refractivity contribution in [3.8, 4) is 5.75 Å². The van der Waals surface area contributed by atoms with Gasteiger partial charge in [-0.3, -0.25) is 9.59 Å². The molecule has 258 valence electrons. The second kappa shape index (κ2) is 16.9. The van der Waals surface area contributed by atoms with Gasteiger partial charge in [-0.05, 0) is 61.1 Å². The molecule has 1 aromatic heterocycles. The van der Waals surface area contributed by atoms with Gasteiger partial charge in [-0.2, -0.15) is 4.31 Å². The van der Waals surface area contributed by atoms with E-state index in [9.17, 15) is 23.1 Å². The summed E-state index contributed by atoms with van der Waals surface area (Å²) in [5, 5.41) is 18.1. The fourth-order valence-electron chi connectivity index (χ4n) is 5.24. The highest BCUT2D eigenvalue weighted by Crippen LogP contribution is 2.30. The van der Waals surface area contributed by atoms with Gasteiger partial charge in [-0.25, -0.2) is 13.4 Å². The molecule has 1 amide bonds. The van der Waals surface area contributed by atoms with Crippen LogP contribution in [0.1, 0.15) is 37.0 Å². The summed E-state index contributed by atoms with van der Waals surface area (Å²) in [6.07, 6.45) is -0.782. The summed E-state index contributed by atoms with van der Waals surface area (Å²) in [5.41, 5.74) is 3.30. The molecule has 0 fully saturated rings. The number of hydrogen-bond donors (Lipinski definition) is 3. The lowest BCUT2D eigenvalue weighted by molar-refractivity contribution is -0.140. The lowest BCUT2D eigenvalue weighted by Crippen LogP contribution is -2.52. The molecule has 4 aromatic rings. The Morgan fingerprint density at radius 3 is 2.38 bits per heavy atom. The Labute approximate surface area is 286 Å². The molecule has 0 radical (unpaired) electrons. The molecule has 0 saturated heterocycles. The van der Waals surface area contributed by atoms with E-state index in [0.29, 0.717) is 27.6 Å². The maximum atomic E-state index is 14.1. The van der Waals surface area contributed by atoms with Crippen LogP contribution in [0.15, 0.2) is 71.6 Å². The predicted octanol–water partition coefficient (Wildman–Crippen LogP) is 4.70. The molecule has 2 atom stereocenters. The number of aryl methyl sites for hydroxylation is 2. The van der Waals surface area contributed by atoms with Crippen molar-refractivity contribution in [2.75, 3.05) is 38.7 Å². The Morgan fingerprint density at radius 2 is 1.71 bits per heavy atom. The molecular formula is C35H44N4O7S2. The number of aromatic nitrogens is 1. The van der Waals surface area contributed by atoms with Gasteiger partial charge >= 0.3 is 5.97 Å². The first-order valence-electron chi connectivity index (χ1n) is 15.8. The molecule has 0 spiro atoms. The molecule has 0 unspecified atom stereocenters. The number of thiazole rings is 1. The SMILES string of the molecule is COC(=O)CCNc1nc2ccc(S(=O)(=O)N(CC(C)C)C[C@@H](O)[C@H](Cc3ccccc3)NC(=O)COc3c(C)cccc3C)cc2s1. The molecule has 0 aliphatic rings. The summed E-state index contributed by atoms with van der Waals surface area (Å²) in [4.78, 5) is 29.2. The number of carbonyl (C=O) groups excluding carboxylic acids is 2. The lowest BCUT2D eigenvalue weighted by Gasteiger charge is -2.30. The molecule has 4 rings (SSSR count). The Morgan fingerprint density at radius 1 is 1.00 bits per heavy atom. The third kappa shape index (κ3) is 9.99. The molecule has 48 heavy (non-hydrogen) atoms. The number of nitrogens with one attached hydrogen (secondary N) is 2. The van der Waals surface area contributed by atoms with E-state index in [1.807, 2.05) is 76.2 Å². The molecule has 3 N–H and O–H groups in total. The van der Waals surface area contributed by atoms with Crippen LogP contribution in [0.4, 0.5) is 5.13 Å². The summed E-state index contributed by atoms with van der Waals surface area (Å²) in [7, 11) is -2.74. The van der Waals surface area contributed by atoms with E-state index in [1.165, 1.54) is 28.8 Å². The number of esters is 1. The smallest absolute Gasteiger partial charge is 0.307 e. The Balaban J connectivity index is 1.53. The first-order chi connectivity index (χ1) is 22.9. The number of methoxy groups -OCH3 is 1. The zero-order chi connectivity index (χ0) is 34.8. The average Bonchev–Trinajstić information content (AvgIpc) is 3.46. The highest BCUT2D eigenvalue weighted by molar-refractivity contribution is 7.89. The van der Waals surface area contributed by atoms with Crippen LogP contribution in [0.5, 0.6) is 5.75 Å². The summed E-state index contributed by atoms with van der Waals surface area (Å²) in [6.45, 7) is 7.61. The Kier molecular flexibility index (Phi) is 12.9. The summed E-state index contributed by atoms with van der Waals surface area (Å²) < 4.78 is 40.6.